The van der Waals surface area contributed by atoms with Crippen LogP contribution in [0, 0.1) is 0 Å². The molecule has 2 rings (SSSR count). The molecule has 1 aromatic rings. The molecule has 1 aliphatic heterocycles. The van der Waals surface area contributed by atoms with Gasteiger partial charge in [-0.3, -0.25) is 9.10 Å². The van der Waals surface area contributed by atoms with Crippen molar-refractivity contribution in [2.75, 3.05) is 24.4 Å². The van der Waals surface area contributed by atoms with E-state index in [4.69, 9.17) is 0 Å². The average molecular weight is 331 g/mol. The molecule has 0 aromatic heterocycles. The van der Waals surface area contributed by atoms with Gasteiger partial charge in [0.2, 0.25) is 21.2 Å². The summed E-state index contributed by atoms with van der Waals surface area (Å²) in [6.07, 6.45) is 0. The Morgan fingerprint density at radius 1 is 1.29 bits per heavy atom. The molecule has 0 aliphatic carbocycles. The SMILES string of the molecule is CCNS(=O)(=O)c1ccc2c(c1)C(=O)N(CC)S(=O)N2C. The third kappa shape index (κ3) is 2.68. The number of sulfonamides is 1. The first-order valence-electron chi connectivity index (χ1n) is 6.44. The quantitative estimate of drug-likeness (QED) is 0.869. The summed E-state index contributed by atoms with van der Waals surface area (Å²) < 4.78 is 41.2. The van der Waals surface area contributed by atoms with Crippen molar-refractivity contribution < 1.29 is 17.4 Å². The molecule has 9 heteroatoms. The van der Waals surface area contributed by atoms with Crippen LogP contribution in [0.3, 0.4) is 0 Å². The van der Waals surface area contributed by atoms with Gasteiger partial charge in [0.05, 0.1) is 16.1 Å². The lowest BCUT2D eigenvalue weighted by Gasteiger charge is -2.33. The summed E-state index contributed by atoms with van der Waals surface area (Å²) in [6, 6.07) is 4.23. The Kier molecular flexibility index (Phi) is 4.35. The van der Waals surface area contributed by atoms with Crippen LogP contribution in [0.1, 0.15) is 24.2 Å². The largest absolute Gasteiger partial charge is 0.277 e. The molecule has 0 saturated heterocycles. The van der Waals surface area contributed by atoms with Crippen LogP contribution in [-0.4, -0.2) is 43.0 Å². The number of nitrogens with zero attached hydrogens (tertiary/aromatic N) is 2. The molecule has 0 spiro atoms. The lowest BCUT2D eigenvalue weighted by Crippen LogP contribution is -2.45. The fraction of sp³-hybridized carbons (Fsp3) is 0.417. The van der Waals surface area contributed by atoms with Gasteiger partial charge < -0.3 is 0 Å². The van der Waals surface area contributed by atoms with Crippen LogP contribution in [0.15, 0.2) is 23.1 Å². The first kappa shape index (κ1) is 15.9. The van der Waals surface area contributed by atoms with Gasteiger partial charge in [0.25, 0.3) is 5.91 Å². The highest BCUT2D eigenvalue weighted by Gasteiger charge is 2.33. The van der Waals surface area contributed by atoms with Crippen molar-refractivity contribution in [1.29, 1.82) is 0 Å². The van der Waals surface area contributed by atoms with Crippen molar-refractivity contribution in [3.05, 3.63) is 23.8 Å². The Morgan fingerprint density at radius 2 is 1.95 bits per heavy atom. The van der Waals surface area contributed by atoms with Crippen LogP contribution >= 0.6 is 0 Å². The Labute approximate surface area is 126 Å². The zero-order chi connectivity index (χ0) is 15.8. The van der Waals surface area contributed by atoms with Gasteiger partial charge in [0.15, 0.2) is 0 Å². The Hall–Kier alpha value is -1.45. The molecule has 21 heavy (non-hydrogen) atoms. The van der Waals surface area contributed by atoms with Crippen molar-refractivity contribution >= 4 is 32.8 Å². The monoisotopic (exact) mass is 331 g/mol. The first-order chi connectivity index (χ1) is 9.83. The van der Waals surface area contributed by atoms with Crippen molar-refractivity contribution in [2.24, 2.45) is 0 Å². The predicted octanol–water partition coefficient (Wildman–Crippen LogP) is 0.475. The second-order valence-corrected chi connectivity index (χ2v) is 7.63. The molecule has 1 heterocycles. The van der Waals surface area contributed by atoms with Crippen LogP contribution < -0.4 is 9.03 Å². The number of benzene rings is 1. The molecule has 0 bridgehead atoms. The minimum absolute atomic E-state index is 0.0218. The fourth-order valence-electron chi connectivity index (χ4n) is 2.09. The van der Waals surface area contributed by atoms with E-state index in [1.807, 2.05) is 0 Å². The molecule has 1 atom stereocenters. The van der Waals surface area contributed by atoms with E-state index in [0.717, 1.165) is 0 Å². The first-order valence-corrected chi connectivity index (χ1v) is 8.99. The molecule has 1 aliphatic rings. The Bertz CT molecular complexity index is 702. The predicted molar refractivity (Wildman–Crippen MR) is 80.6 cm³/mol. The number of anilines is 1. The fourth-order valence-corrected chi connectivity index (χ4v) is 4.24. The number of hydrogen-bond donors (Lipinski definition) is 1. The smallest absolute Gasteiger partial charge is 0.269 e. The van der Waals surface area contributed by atoms with E-state index >= 15 is 0 Å². The molecular weight excluding hydrogens is 314 g/mol. The number of carbonyl (C=O) groups is 1. The zero-order valence-electron chi connectivity index (χ0n) is 12.0. The molecule has 0 saturated carbocycles. The summed E-state index contributed by atoms with van der Waals surface area (Å²) in [6.45, 7) is 3.93. The minimum Gasteiger partial charge on any atom is -0.277 e. The maximum absolute atomic E-state index is 12.3. The van der Waals surface area contributed by atoms with Gasteiger partial charge in [-0.2, -0.15) is 0 Å². The summed E-state index contributed by atoms with van der Waals surface area (Å²) in [5, 5.41) is 0. The number of hydrogen-bond acceptors (Lipinski definition) is 4. The maximum Gasteiger partial charge on any atom is 0.269 e. The lowest BCUT2D eigenvalue weighted by molar-refractivity contribution is 0.0868. The summed E-state index contributed by atoms with van der Waals surface area (Å²) >= 11 is -1.59. The molecule has 1 unspecified atom stereocenters. The molecule has 7 nitrogen and oxygen atoms in total. The molecule has 1 aromatic carbocycles. The topological polar surface area (TPSA) is 86.8 Å². The van der Waals surface area contributed by atoms with E-state index in [0.29, 0.717) is 5.69 Å². The molecular formula is C12H17N3O4S2. The van der Waals surface area contributed by atoms with Crippen molar-refractivity contribution in [3.8, 4) is 0 Å². The minimum atomic E-state index is -3.64. The van der Waals surface area contributed by atoms with Crippen LogP contribution in [0.4, 0.5) is 5.69 Å². The van der Waals surface area contributed by atoms with Crippen LogP contribution in [0.25, 0.3) is 0 Å². The van der Waals surface area contributed by atoms with Crippen LogP contribution in [0.2, 0.25) is 0 Å². The number of nitrogens with one attached hydrogen (secondary N) is 1. The van der Waals surface area contributed by atoms with E-state index < -0.39 is 27.1 Å². The maximum atomic E-state index is 12.3. The highest BCUT2D eigenvalue weighted by atomic mass is 32.2. The number of carbonyl (C=O) groups excluding carboxylic acids is 1. The number of fused-ring (bicyclic) bond motifs is 1. The number of rotatable bonds is 4. The van der Waals surface area contributed by atoms with Gasteiger partial charge in [0.1, 0.15) is 0 Å². The van der Waals surface area contributed by atoms with Crippen molar-refractivity contribution in [1.82, 2.24) is 9.03 Å². The Morgan fingerprint density at radius 3 is 2.52 bits per heavy atom. The summed E-state index contributed by atoms with van der Waals surface area (Å²) in [5.74, 6) is -0.433. The van der Waals surface area contributed by atoms with Gasteiger partial charge in [-0.15, -0.1) is 0 Å². The normalized spacial score (nSPS) is 18.8. The Balaban J connectivity index is 2.57. The van der Waals surface area contributed by atoms with E-state index in [9.17, 15) is 17.4 Å². The second kappa shape index (κ2) is 5.74. The van der Waals surface area contributed by atoms with Gasteiger partial charge >= 0.3 is 0 Å². The highest BCUT2D eigenvalue weighted by Crippen LogP contribution is 2.30. The van der Waals surface area contributed by atoms with Crippen LogP contribution in [-0.2, 0) is 21.2 Å². The summed E-state index contributed by atoms with van der Waals surface area (Å²) in [7, 11) is -2.04. The van der Waals surface area contributed by atoms with Gasteiger partial charge in [-0.1, -0.05) is 6.92 Å². The summed E-state index contributed by atoms with van der Waals surface area (Å²) in [5.41, 5.74) is 0.691. The van der Waals surface area contributed by atoms with Gasteiger partial charge in [-0.05, 0) is 25.1 Å². The third-order valence-corrected chi connectivity index (χ3v) is 6.13. The summed E-state index contributed by atoms with van der Waals surface area (Å²) in [4.78, 5) is 12.4. The van der Waals surface area contributed by atoms with E-state index in [1.165, 1.54) is 26.8 Å². The zero-order valence-corrected chi connectivity index (χ0v) is 13.6. The second-order valence-electron chi connectivity index (χ2n) is 4.41. The highest BCUT2D eigenvalue weighted by molar-refractivity contribution is 7.89. The van der Waals surface area contributed by atoms with Crippen LogP contribution in [0.5, 0.6) is 0 Å². The van der Waals surface area contributed by atoms with E-state index in [2.05, 4.69) is 4.72 Å². The molecule has 116 valence electrons. The number of amides is 1. The van der Waals surface area contributed by atoms with Crippen molar-refractivity contribution in [2.45, 2.75) is 18.7 Å². The third-order valence-electron chi connectivity index (χ3n) is 3.12. The molecule has 1 amide bonds. The van der Waals surface area contributed by atoms with Gasteiger partial charge in [0, 0.05) is 20.1 Å². The lowest BCUT2D eigenvalue weighted by atomic mass is 10.1. The molecule has 0 radical (unpaired) electrons. The average Bonchev–Trinajstić information content (AvgIpc) is 2.45. The van der Waals surface area contributed by atoms with Crippen molar-refractivity contribution in [3.63, 3.8) is 0 Å². The van der Waals surface area contributed by atoms with E-state index in [-0.39, 0.29) is 23.5 Å². The molecule has 1 N–H and O–H groups in total. The van der Waals surface area contributed by atoms with Gasteiger partial charge in [-0.25, -0.2) is 21.7 Å². The van der Waals surface area contributed by atoms with E-state index in [1.54, 1.807) is 20.9 Å². The standard InChI is InChI=1S/C12H17N3O4S2/c1-4-13-21(18,19)9-6-7-11-10(8-9)12(16)15(5-2)20(17)14(11)3/h6-8,13H,4-5H2,1-3H3. The molecule has 0 fully saturated rings.